The first-order chi connectivity index (χ1) is 6.20. The van der Waals surface area contributed by atoms with Gasteiger partial charge in [0.25, 0.3) is 0 Å². The molecule has 0 heterocycles. The second kappa shape index (κ2) is 2.69. The van der Waals surface area contributed by atoms with Gasteiger partial charge in [-0.05, 0) is 18.2 Å². The maximum absolute atomic E-state index is 13.2. The average Bonchev–Trinajstić information content (AvgIpc) is 2.12. The van der Waals surface area contributed by atoms with Crippen LogP contribution in [0, 0.1) is 11.6 Å². The number of rotatable bonds is 0. The van der Waals surface area contributed by atoms with Crippen LogP contribution in [-0.2, 0) is 0 Å². The lowest BCUT2D eigenvalue weighted by Crippen LogP contribution is -1.91. The lowest BCUT2D eigenvalue weighted by Gasteiger charge is -2.03. The highest BCUT2D eigenvalue weighted by atomic mass is 19.1. The third-order valence-electron chi connectivity index (χ3n) is 1.97. The Kier molecular flexibility index (Phi) is 1.65. The average molecular weight is 179 g/mol. The minimum Gasteiger partial charge on any atom is -0.398 e. The van der Waals surface area contributed by atoms with Crippen molar-refractivity contribution in [2.75, 3.05) is 5.73 Å². The van der Waals surface area contributed by atoms with Crippen LogP contribution in [0.15, 0.2) is 30.3 Å². The summed E-state index contributed by atoms with van der Waals surface area (Å²) < 4.78 is 26.3. The van der Waals surface area contributed by atoms with Crippen LogP contribution in [0.1, 0.15) is 0 Å². The molecule has 0 fully saturated rings. The van der Waals surface area contributed by atoms with Gasteiger partial charge in [-0.2, -0.15) is 0 Å². The molecule has 0 aliphatic rings. The minimum atomic E-state index is -0.491. The van der Waals surface area contributed by atoms with Crippen LogP contribution >= 0.6 is 0 Å². The van der Waals surface area contributed by atoms with Gasteiger partial charge in [0, 0.05) is 16.5 Å². The number of anilines is 1. The molecule has 0 spiro atoms. The summed E-state index contributed by atoms with van der Waals surface area (Å²) >= 11 is 0. The van der Waals surface area contributed by atoms with Gasteiger partial charge in [0.2, 0.25) is 0 Å². The third-order valence-corrected chi connectivity index (χ3v) is 1.97. The normalized spacial score (nSPS) is 10.6. The van der Waals surface area contributed by atoms with Gasteiger partial charge in [-0.1, -0.05) is 12.1 Å². The molecule has 13 heavy (non-hydrogen) atoms. The van der Waals surface area contributed by atoms with E-state index in [1.165, 1.54) is 6.07 Å². The van der Waals surface area contributed by atoms with E-state index in [4.69, 9.17) is 5.73 Å². The van der Waals surface area contributed by atoms with Gasteiger partial charge in [0.1, 0.15) is 11.6 Å². The molecule has 2 rings (SSSR count). The van der Waals surface area contributed by atoms with E-state index >= 15 is 0 Å². The number of nitrogen functional groups attached to an aromatic ring is 1. The molecule has 0 aliphatic carbocycles. The topological polar surface area (TPSA) is 26.0 Å². The van der Waals surface area contributed by atoms with Crippen molar-refractivity contribution in [3.8, 4) is 0 Å². The summed E-state index contributed by atoms with van der Waals surface area (Å²) in [7, 11) is 0. The van der Waals surface area contributed by atoms with E-state index in [2.05, 4.69) is 0 Å². The maximum Gasteiger partial charge on any atom is 0.133 e. The summed E-state index contributed by atoms with van der Waals surface area (Å²) in [4.78, 5) is 0. The quantitative estimate of drug-likeness (QED) is 0.618. The zero-order valence-electron chi connectivity index (χ0n) is 6.72. The Labute approximate surface area is 73.8 Å². The molecule has 1 nitrogen and oxygen atoms in total. The predicted molar refractivity (Wildman–Crippen MR) is 48.3 cm³/mol. The predicted octanol–water partition coefficient (Wildman–Crippen LogP) is 2.70. The largest absolute Gasteiger partial charge is 0.398 e. The lowest BCUT2D eigenvalue weighted by molar-refractivity contribution is 0.618. The molecule has 2 aromatic rings. The first-order valence-corrected chi connectivity index (χ1v) is 3.82. The number of hydrogen-bond donors (Lipinski definition) is 1. The number of halogens is 2. The van der Waals surface area contributed by atoms with Gasteiger partial charge < -0.3 is 5.73 Å². The van der Waals surface area contributed by atoms with Gasteiger partial charge in [0.15, 0.2) is 0 Å². The van der Waals surface area contributed by atoms with E-state index in [9.17, 15) is 8.78 Å². The molecule has 2 aromatic carbocycles. The van der Waals surface area contributed by atoms with Crippen molar-refractivity contribution in [1.29, 1.82) is 0 Å². The minimum absolute atomic E-state index is 0.155. The van der Waals surface area contributed by atoms with Crippen LogP contribution in [0.2, 0.25) is 0 Å². The van der Waals surface area contributed by atoms with Gasteiger partial charge in [-0.15, -0.1) is 0 Å². The van der Waals surface area contributed by atoms with Crippen molar-refractivity contribution >= 4 is 16.5 Å². The summed E-state index contributed by atoms with van der Waals surface area (Å²) in [5.41, 5.74) is 5.78. The molecule has 0 aliphatic heterocycles. The van der Waals surface area contributed by atoms with Crippen LogP contribution in [0.5, 0.6) is 0 Å². The van der Waals surface area contributed by atoms with Crippen molar-refractivity contribution in [2.45, 2.75) is 0 Å². The van der Waals surface area contributed by atoms with Crippen LogP contribution in [0.4, 0.5) is 14.5 Å². The summed E-state index contributed by atoms with van der Waals surface area (Å²) in [6.45, 7) is 0. The van der Waals surface area contributed by atoms with E-state index in [1.54, 1.807) is 12.1 Å². The van der Waals surface area contributed by atoms with Crippen molar-refractivity contribution in [3.05, 3.63) is 42.0 Å². The van der Waals surface area contributed by atoms with Gasteiger partial charge in [-0.3, -0.25) is 0 Å². The molecule has 66 valence electrons. The van der Waals surface area contributed by atoms with Gasteiger partial charge in [0.05, 0.1) is 0 Å². The molecule has 0 atom stereocenters. The maximum atomic E-state index is 13.2. The monoisotopic (exact) mass is 179 g/mol. The number of hydrogen-bond acceptors (Lipinski definition) is 1. The Hall–Kier alpha value is -1.64. The fourth-order valence-electron chi connectivity index (χ4n) is 1.36. The Morgan fingerprint density at radius 1 is 0.923 bits per heavy atom. The van der Waals surface area contributed by atoms with Gasteiger partial charge >= 0.3 is 0 Å². The Morgan fingerprint density at radius 3 is 2.31 bits per heavy atom. The number of fused-ring (bicyclic) bond motifs is 1. The summed E-state index contributed by atoms with van der Waals surface area (Å²) in [5, 5.41) is 0.377. The molecular weight excluding hydrogens is 172 g/mol. The van der Waals surface area contributed by atoms with Crippen LogP contribution in [0.25, 0.3) is 10.8 Å². The molecule has 0 amide bonds. The Balaban J connectivity index is 3.00. The molecular formula is C10H7F2N. The molecule has 3 heteroatoms. The second-order valence-electron chi connectivity index (χ2n) is 2.80. The van der Waals surface area contributed by atoms with E-state index in [0.29, 0.717) is 0 Å². The molecule has 0 unspecified atom stereocenters. The van der Waals surface area contributed by atoms with E-state index < -0.39 is 11.6 Å². The molecule has 0 saturated heterocycles. The lowest BCUT2D eigenvalue weighted by atomic mass is 10.1. The summed E-state index contributed by atoms with van der Waals surface area (Å²) in [5.74, 6) is -0.946. The molecule has 0 saturated carbocycles. The fraction of sp³-hybridized carbons (Fsp3) is 0. The summed E-state index contributed by atoms with van der Waals surface area (Å²) in [6, 6.07) is 6.82. The first kappa shape index (κ1) is 7.98. The molecule has 0 aromatic heterocycles. The molecule has 2 N–H and O–H groups in total. The highest BCUT2D eigenvalue weighted by molar-refractivity contribution is 5.93. The van der Waals surface area contributed by atoms with Gasteiger partial charge in [-0.25, -0.2) is 8.78 Å². The fourth-order valence-corrected chi connectivity index (χ4v) is 1.36. The van der Waals surface area contributed by atoms with Crippen LogP contribution in [0.3, 0.4) is 0 Å². The number of nitrogens with two attached hydrogens (primary N) is 1. The van der Waals surface area contributed by atoms with Crippen molar-refractivity contribution < 1.29 is 8.78 Å². The standard InChI is InChI=1S/C10H7F2N/c11-7-4-5-8(12)10-6(7)2-1-3-9(10)13/h1-5H,13H2. The number of benzene rings is 2. The van der Waals surface area contributed by atoms with E-state index in [0.717, 1.165) is 12.1 Å². The van der Waals surface area contributed by atoms with Crippen LogP contribution < -0.4 is 5.73 Å². The molecule has 0 radical (unpaired) electrons. The van der Waals surface area contributed by atoms with Crippen molar-refractivity contribution in [1.82, 2.24) is 0 Å². The van der Waals surface area contributed by atoms with Crippen molar-refractivity contribution in [2.24, 2.45) is 0 Å². The second-order valence-corrected chi connectivity index (χ2v) is 2.80. The summed E-state index contributed by atoms with van der Waals surface area (Å²) in [6.07, 6.45) is 0. The van der Waals surface area contributed by atoms with Crippen molar-refractivity contribution in [3.63, 3.8) is 0 Å². The smallest absolute Gasteiger partial charge is 0.133 e. The zero-order valence-corrected chi connectivity index (χ0v) is 6.72. The highest BCUT2D eigenvalue weighted by Crippen LogP contribution is 2.25. The Morgan fingerprint density at radius 2 is 1.62 bits per heavy atom. The SMILES string of the molecule is Nc1cccc2c(F)ccc(F)c12. The third kappa shape index (κ3) is 1.13. The van der Waals surface area contributed by atoms with E-state index in [1.807, 2.05) is 0 Å². The molecule has 0 bridgehead atoms. The zero-order chi connectivity index (χ0) is 9.42. The first-order valence-electron chi connectivity index (χ1n) is 3.82. The Bertz CT molecular complexity index is 457. The highest BCUT2D eigenvalue weighted by Gasteiger charge is 2.07. The van der Waals surface area contributed by atoms with Crippen LogP contribution in [-0.4, -0.2) is 0 Å². The van der Waals surface area contributed by atoms with E-state index in [-0.39, 0.29) is 16.5 Å².